The van der Waals surface area contributed by atoms with Crippen LogP contribution in [0, 0.1) is 0 Å². The van der Waals surface area contributed by atoms with Crippen LogP contribution in [0.4, 0.5) is 5.69 Å². The molecule has 0 aromatic heterocycles. The Labute approximate surface area is 155 Å². The van der Waals surface area contributed by atoms with Crippen LogP contribution in [0.1, 0.15) is 33.1 Å². The van der Waals surface area contributed by atoms with Crippen molar-refractivity contribution in [2.45, 2.75) is 33.1 Å². The molecule has 3 aromatic rings. The normalized spacial score (nSPS) is 10.2. The highest BCUT2D eigenvalue weighted by Crippen LogP contribution is 2.28. The van der Waals surface area contributed by atoms with Crippen molar-refractivity contribution in [2.24, 2.45) is 0 Å². The zero-order valence-electron chi connectivity index (χ0n) is 15.6. The maximum Gasteiger partial charge on any atom is 0.330 e. The molecule has 26 heavy (non-hydrogen) atoms. The fourth-order valence-electron chi connectivity index (χ4n) is 2.72. The first-order valence-electron chi connectivity index (χ1n) is 9.07. The van der Waals surface area contributed by atoms with Crippen molar-refractivity contribution >= 4 is 33.2 Å². The zero-order valence-corrected chi connectivity index (χ0v) is 15.6. The van der Waals surface area contributed by atoms with Gasteiger partial charge < -0.3 is 10.4 Å². The summed E-state index contributed by atoms with van der Waals surface area (Å²) in [7, 11) is 0. The second-order valence-electron chi connectivity index (χ2n) is 6.45. The minimum Gasteiger partial charge on any atom is -0.478 e. The van der Waals surface area contributed by atoms with Gasteiger partial charge in [-0.2, -0.15) is 0 Å². The summed E-state index contributed by atoms with van der Waals surface area (Å²) >= 11 is 0. The summed E-state index contributed by atoms with van der Waals surface area (Å²) < 4.78 is 0. The molecule has 0 unspecified atom stereocenters. The smallest absolute Gasteiger partial charge is 0.330 e. The van der Waals surface area contributed by atoms with Crippen LogP contribution in [0.5, 0.6) is 0 Å². The second-order valence-corrected chi connectivity index (χ2v) is 6.45. The molecule has 136 valence electrons. The molecule has 3 nitrogen and oxygen atoms in total. The summed E-state index contributed by atoms with van der Waals surface area (Å²) in [6.45, 7) is 7.90. The Morgan fingerprint density at radius 1 is 1.00 bits per heavy atom. The lowest BCUT2D eigenvalue weighted by atomic mass is 10.0. The number of nitrogens with one attached hydrogen (secondary N) is 1. The molecule has 0 atom stereocenters. The van der Waals surface area contributed by atoms with E-state index in [2.05, 4.69) is 73.4 Å². The van der Waals surface area contributed by atoms with E-state index in [1.807, 2.05) is 0 Å². The predicted molar refractivity (Wildman–Crippen MR) is 112 cm³/mol. The van der Waals surface area contributed by atoms with E-state index >= 15 is 0 Å². The standard InChI is InChI=1S/C19H21N.C4H6O2/c1-2-3-6-12-20-19-11-7-10-17-13-15-8-4-5-9-16(15)14-18(17)19;1-3(2)4(5)6/h4-5,7-11,13-14,20H,2-3,6,12H2,1H3;1H2,2H3,(H,5,6). The van der Waals surface area contributed by atoms with Gasteiger partial charge in [0.1, 0.15) is 0 Å². The van der Waals surface area contributed by atoms with E-state index in [0.717, 1.165) is 6.54 Å². The Bertz CT molecular complexity index is 887. The SMILES string of the molecule is C=C(C)C(=O)O.CCCCCNc1cccc2cc3ccccc3cc12. The number of hydrogen-bond donors (Lipinski definition) is 2. The van der Waals surface area contributed by atoms with Gasteiger partial charge in [0.05, 0.1) is 0 Å². The molecule has 0 radical (unpaired) electrons. The van der Waals surface area contributed by atoms with Crippen molar-refractivity contribution < 1.29 is 9.90 Å². The highest BCUT2D eigenvalue weighted by molar-refractivity contribution is 6.03. The third-order valence-corrected chi connectivity index (χ3v) is 4.21. The topological polar surface area (TPSA) is 49.3 Å². The third kappa shape index (κ3) is 5.35. The molecule has 3 aromatic carbocycles. The fourth-order valence-corrected chi connectivity index (χ4v) is 2.72. The summed E-state index contributed by atoms with van der Waals surface area (Å²) in [4.78, 5) is 9.60. The summed E-state index contributed by atoms with van der Waals surface area (Å²) in [6.07, 6.45) is 3.79. The number of unbranched alkanes of at least 4 members (excludes halogenated alkanes) is 2. The molecular formula is C23H27NO2. The molecule has 3 rings (SSSR count). The Morgan fingerprint density at radius 2 is 1.62 bits per heavy atom. The Balaban J connectivity index is 0.000000352. The van der Waals surface area contributed by atoms with E-state index < -0.39 is 5.97 Å². The van der Waals surface area contributed by atoms with Crippen LogP contribution < -0.4 is 5.32 Å². The summed E-state index contributed by atoms with van der Waals surface area (Å²) in [5.74, 6) is -0.935. The Kier molecular flexibility index (Phi) is 7.22. The third-order valence-electron chi connectivity index (χ3n) is 4.21. The largest absolute Gasteiger partial charge is 0.478 e. The van der Waals surface area contributed by atoms with Gasteiger partial charge >= 0.3 is 5.97 Å². The fraction of sp³-hybridized carbons (Fsp3) is 0.261. The molecule has 0 fully saturated rings. The van der Waals surface area contributed by atoms with Crippen LogP contribution >= 0.6 is 0 Å². The van der Waals surface area contributed by atoms with Crippen LogP contribution in [0.2, 0.25) is 0 Å². The van der Waals surface area contributed by atoms with Crippen molar-refractivity contribution in [1.82, 2.24) is 0 Å². The van der Waals surface area contributed by atoms with Gasteiger partial charge in [0.25, 0.3) is 0 Å². The first-order chi connectivity index (χ1) is 12.5. The number of hydrogen-bond acceptors (Lipinski definition) is 2. The number of carboxylic acids is 1. The Hall–Kier alpha value is -2.81. The molecule has 0 saturated heterocycles. The number of anilines is 1. The van der Waals surface area contributed by atoms with Gasteiger partial charge in [0, 0.05) is 23.2 Å². The van der Waals surface area contributed by atoms with E-state index in [0.29, 0.717) is 0 Å². The second kappa shape index (κ2) is 9.62. The number of aliphatic carboxylic acids is 1. The van der Waals surface area contributed by atoms with E-state index in [4.69, 9.17) is 5.11 Å². The molecule has 0 bridgehead atoms. The van der Waals surface area contributed by atoms with Crippen LogP contribution in [0.15, 0.2) is 66.7 Å². The van der Waals surface area contributed by atoms with Gasteiger partial charge in [-0.05, 0) is 47.7 Å². The molecule has 3 heteroatoms. The van der Waals surface area contributed by atoms with E-state index in [1.54, 1.807) is 0 Å². The van der Waals surface area contributed by atoms with Gasteiger partial charge in [-0.3, -0.25) is 0 Å². The van der Waals surface area contributed by atoms with Gasteiger partial charge in [0.15, 0.2) is 0 Å². The van der Waals surface area contributed by atoms with Crippen LogP contribution in [-0.2, 0) is 4.79 Å². The summed E-state index contributed by atoms with van der Waals surface area (Å²) in [5.41, 5.74) is 1.43. The average molecular weight is 349 g/mol. The maximum absolute atomic E-state index is 9.60. The van der Waals surface area contributed by atoms with Crippen LogP contribution in [-0.4, -0.2) is 17.6 Å². The molecule has 0 spiro atoms. The molecule has 0 aliphatic heterocycles. The number of rotatable bonds is 6. The van der Waals surface area contributed by atoms with Crippen LogP contribution in [0.3, 0.4) is 0 Å². The lowest BCUT2D eigenvalue weighted by molar-refractivity contribution is -0.132. The molecule has 0 aliphatic rings. The molecule has 0 aliphatic carbocycles. The van der Waals surface area contributed by atoms with Crippen molar-refractivity contribution in [1.29, 1.82) is 0 Å². The van der Waals surface area contributed by atoms with Crippen molar-refractivity contribution in [3.05, 3.63) is 66.7 Å². The highest BCUT2D eigenvalue weighted by atomic mass is 16.4. The summed E-state index contributed by atoms with van der Waals surface area (Å²) in [6, 6.07) is 19.7. The molecule has 0 saturated carbocycles. The predicted octanol–water partition coefficient (Wildman–Crippen LogP) is 6.24. The van der Waals surface area contributed by atoms with Crippen molar-refractivity contribution in [3.63, 3.8) is 0 Å². The van der Waals surface area contributed by atoms with Crippen molar-refractivity contribution in [3.8, 4) is 0 Å². The molecular weight excluding hydrogens is 322 g/mol. The summed E-state index contributed by atoms with van der Waals surface area (Å²) in [5, 5.41) is 16.7. The number of carboxylic acid groups (broad SMARTS) is 1. The van der Waals surface area contributed by atoms with E-state index in [1.165, 1.54) is 53.4 Å². The number of carbonyl (C=O) groups is 1. The molecule has 0 heterocycles. The molecule has 2 N–H and O–H groups in total. The average Bonchev–Trinajstić information content (AvgIpc) is 2.64. The maximum atomic E-state index is 9.60. The van der Waals surface area contributed by atoms with Gasteiger partial charge in [-0.25, -0.2) is 4.79 Å². The molecule has 0 amide bonds. The quantitative estimate of drug-likeness (QED) is 0.314. The minimum atomic E-state index is -0.935. The van der Waals surface area contributed by atoms with Gasteiger partial charge in [0.2, 0.25) is 0 Å². The van der Waals surface area contributed by atoms with Gasteiger partial charge in [-0.15, -0.1) is 0 Å². The monoisotopic (exact) mass is 349 g/mol. The lowest BCUT2D eigenvalue weighted by Crippen LogP contribution is -2.01. The highest BCUT2D eigenvalue weighted by Gasteiger charge is 2.02. The number of benzene rings is 3. The number of fused-ring (bicyclic) bond motifs is 2. The lowest BCUT2D eigenvalue weighted by Gasteiger charge is -2.10. The van der Waals surface area contributed by atoms with E-state index in [-0.39, 0.29) is 5.57 Å². The van der Waals surface area contributed by atoms with E-state index in [9.17, 15) is 4.79 Å². The first-order valence-corrected chi connectivity index (χ1v) is 9.07. The van der Waals surface area contributed by atoms with Crippen LogP contribution in [0.25, 0.3) is 21.5 Å². The Morgan fingerprint density at radius 3 is 2.23 bits per heavy atom. The van der Waals surface area contributed by atoms with Gasteiger partial charge in [-0.1, -0.05) is 62.7 Å². The minimum absolute atomic E-state index is 0.176. The first kappa shape index (κ1) is 19.5. The zero-order chi connectivity index (χ0) is 18.9. The van der Waals surface area contributed by atoms with Crippen molar-refractivity contribution in [2.75, 3.05) is 11.9 Å².